The molecule has 0 bridgehead atoms. The van der Waals surface area contributed by atoms with Crippen molar-refractivity contribution < 1.29 is 5.11 Å². The lowest BCUT2D eigenvalue weighted by Gasteiger charge is -2.10. The van der Waals surface area contributed by atoms with Gasteiger partial charge in [0.25, 0.3) is 0 Å². The highest BCUT2D eigenvalue weighted by atomic mass is 16.3. The first-order valence-corrected chi connectivity index (χ1v) is 6.54. The lowest BCUT2D eigenvalue weighted by molar-refractivity contribution is 0.151. The SMILES string of the molecule is Cc1ccccc1-c1cccc(CC2(O)CC2)c1. The van der Waals surface area contributed by atoms with Crippen LogP contribution >= 0.6 is 0 Å². The monoisotopic (exact) mass is 238 g/mol. The second-order valence-corrected chi connectivity index (χ2v) is 5.42. The highest BCUT2D eigenvalue weighted by molar-refractivity contribution is 5.67. The number of benzene rings is 2. The average Bonchev–Trinajstić information content (AvgIpc) is 3.07. The standard InChI is InChI=1S/C17H18O/c1-13-5-2-3-8-16(13)15-7-4-6-14(11-15)12-17(18)9-10-17/h2-8,11,18H,9-10,12H2,1H3. The van der Waals surface area contributed by atoms with Crippen LogP contribution in [-0.2, 0) is 6.42 Å². The van der Waals surface area contributed by atoms with E-state index in [9.17, 15) is 5.11 Å². The molecule has 92 valence electrons. The first kappa shape index (κ1) is 11.5. The summed E-state index contributed by atoms with van der Waals surface area (Å²) in [5.74, 6) is 0. The molecule has 1 nitrogen and oxygen atoms in total. The number of hydrogen-bond acceptors (Lipinski definition) is 1. The lowest BCUT2D eigenvalue weighted by Crippen LogP contribution is -2.10. The molecule has 0 aromatic heterocycles. The molecule has 0 atom stereocenters. The van der Waals surface area contributed by atoms with E-state index in [-0.39, 0.29) is 0 Å². The molecule has 0 saturated heterocycles. The number of hydrogen-bond donors (Lipinski definition) is 1. The molecule has 2 aromatic carbocycles. The van der Waals surface area contributed by atoms with Crippen LogP contribution in [0.15, 0.2) is 48.5 Å². The highest BCUT2D eigenvalue weighted by Gasteiger charge is 2.40. The van der Waals surface area contributed by atoms with Gasteiger partial charge in [-0.3, -0.25) is 0 Å². The zero-order chi connectivity index (χ0) is 12.6. The summed E-state index contributed by atoms with van der Waals surface area (Å²) in [6.45, 7) is 2.14. The molecule has 0 unspecified atom stereocenters. The predicted molar refractivity (Wildman–Crippen MR) is 74.5 cm³/mol. The molecule has 0 aliphatic heterocycles. The zero-order valence-corrected chi connectivity index (χ0v) is 10.7. The maximum atomic E-state index is 10.00. The molecule has 1 heteroatoms. The van der Waals surface area contributed by atoms with E-state index in [1.807, 2.05) is 0 Å². The van der Waals surface area contributed by atoms with E-state index in [4.69, 9.17) is 0 Å². The molecule has 0 amide bonds. The molecule has 0 heterocycles. The predicted octanol–water partition coefficient (Wildman–Crippen LogP) is 3.73. The summed E-state index contributed by atoms with van der Waals surface area (Å²) in [6, 6.07) is 17.0. The third kappa shape index (κ3) is 2.32. The number of rotatable bonds is 3. The van der Waals surface area contributed by atoms with Gasteiger partial charge in [0, 0.05) is 6.42 Å². The molecular formula is C17H18O. The number of aliphatic hydroxyl groups is 1. The Morgan fingerprint density at radius 1 is 1.06 bits per heavy atom. The minimum absolute atomic E-state index is 0.412. The normalized spacial score (nSPS) is 16.6. The first-order valence-electron chi connectivity index (χ1n) is 6.54. The van der Waals surface area contributed by atoms with Crippen molar-refractivity contribution in [2.45, 2.75) is 31.8 Å². The van der Waals surface area contributed by atoms with Gasteiger partial charge in [0.15, 0.2) is 0 Å². The molecule has 1 fully saturated rings. The van der Waals surface area contributed by atoms with Crippen LogP contribution in [0.25, 0.3) is 11.1 Å². The van der Waals surface area contributed by atoms with E-state index in [2.05, 4.69) is 55.5 Å². The van der Waals surface area contributed by atoms with Crippen molar-refractivity contribution in [3.63, 3.8) is 0 Å². The molecule has 1 saturated carbocycles. The fourth-order valence-corrected chi connectivity index (χ4v) is 2.45. The van der Waals surface area contributed by atoms with Crippen molar-refractivity contribution >= 4 is 0 Å². The van der Waals surface area contributed by atoms with Gasteiger partial charge >= 0.3 is 0 Å². The molecule has 0 spiro atoms. The van der Waals surface area contributed by atoms with Crippen molar-refractivity contribution in [1.82, 2.24) is 0 Å². The van der Waals surface area contributed by atoms with Gasteiger partial charge in [-0.25, -0.2) is 0 Å². The summed E-state index contributed by atoms with van der Waals surface area (Å²) in [7, 11) is 0. The van der Waals surface area contributed by atoms with Crippen LogP contribution in [-0.4, -0.2) is 10.7 Å². The third-order valence-electron chi connectivity index (χ3n) is 3.74. The Kier molecular flexibility index (Phi) is 2.71. The summed E-state index contributed by atoms with van der Waals surface area (Å²) in [6.07, 6.45) is 2.68. The van der Waals surface area contributed by atoms with E-state index in [1.165, 1.54) is 22.3 Å². The first-order chi connectivity index (χ1) is 8.66. The Balaban J connectivity index is 1.93. The number of aryl methyl sites for hydroxylation is 1. The highest BCUT2D eigenvalue weighted by Crippen LogP contribution is 2.38. The Morgan fingerprint density at radius 3 is 2.56 bits per heavy atom. The maximum Gasteiger partial charge on any atom is 0.0690 e. The summed E-state index contributed by atoms with van der Waals surface area (Å²) in [4.78, 5) is 0. The molecule has 18 heavy (non-hydrogen) atoms. The van der Waals surface area contributed by atoms with Crippen LogP contribution in [0.4, 0.5) is 0 Å². The van der Waals surface area contributed by atoms with Gasteiger partial charge in [-0.1, -0.05) is 48.5 Å². The summed E-state index contributed by atoms with van der Waals surface area (Å²) < 4.78 is 0. The molecule has 1 aliphatic rings. The van der Waals surface area contributed by atoms with Crippen molar-refractivity contribution in [2.24, 2.45) is 0 Å². The van der Waals surface area contributed by atoms with Gasteiger partial charge in [-0.05, 0) is 42.0 Å². The van der Waals surface area contributed by atoms with Gasteiger partial charge in [0.05, 0.1) is 5.60 Å². The van der Waals surface area contributed by atoms with E-state index in [0.717, 1.165) is 19.3 Å². The van der Waals surface area contributed by atoms with Crippen LogP contribution < -0.4 is 0 Å². The van der Waals surface area contributed by atoms with Crippen molar-refractivity contribution in [3.05, 3.63) is 59.7 Å². The smallest absolute Gasteiger partial charge is 0.0690 e. The molecule has 0 radical (unpaired) electrons. The quantitative estimate of drug-likeness (QED) is 0.863. The molecule has 1 N–H and O–H groups in total. The van der Waals surface area contributed by atoms with Crippen LogP contribution in [0.3, 0.4) is 0 Å². The van der Waals surface area contributed by atoms with Gasteiger partial charge in [0.2, 0.25) is 0 Å². The van der Waals surface area contributed by atoms with Gasteiger partial charge in [0.1, 0.15) is 0 Å². The Morgan fingerprint density at radius 2 is 1.83 bits per heavy atom. The summed E-state index contributed by atoms with van der Waals surface area (Å²) in [5, 5.41) is 10.00. The molecular weight excluding hydrogens is 220 g/mol. The summed E-state index contributed by atoms with van der Waals surface area (Å²) >= 11 is 0. The molecule has 1 aliphatic carbocycles. The second kappa shape index (κ2) is 4.25. The van der Waals surface area contributed by atoms with E-state index in [0.29, 0.717) is 0 Å². The fourth-order valence-electron chi connectivity index (χ4n) is 2.45. The zero-order valence-electron chi connectivity index (χ0n) is 10.7. The van der Waals surface area contributed by atoms with Gasteiger partial charge in [-0.2, -0.15) is 0 Å². The Bertz CT molecular complexity index is 567. The Hall–Kier alpha value is -1.60. The molecule has 2 aromatic rings. The maximum absolute atomic E-state index is 10.00. The van der Waals surface area contributed by atoms with E-state index < -0.39 is 5.60 Å². The van der Waals surface area contributed by atoms with Crippen molar-refractivity contribution in [3.8, 4) is 11.1 Å². The largest absolute Gasteiger partial charge is 0.390 e. The molecule has 3 rings (SSSR count). The van der Waals surface area contributed by atoms with Gasteiger partial charge < -0.3 is 5.11 Å². The van der Waals surface area contributed by atoms with E-state index in [1.54, 1.807) is 0 Å². The minimum atomic E-state index is -0.412. The fraction of sp³-hybridized carbons (Fsp3) is 0.294. The summed E-state index contributed by atoms with van der Waals surface area (Å²) in [5.41, 5.74) is 4.64. The second-order valence-electron chi connectivity index (χ2n) is 5.42. The Labute approximate surface area is 108 Å². The van der Waals surface area contributed by atoms with Crippen LogP contribution in [0.1, 0.15) is 24.0 Å². The van der Waals surface area contributed by atoms with Gasteiger partial charge in [-0.15, -0.1) is 0 Å². The lowest BCUT2D eigenvalue weighted by atomic mass is 9.97. The van der Waals surface area contributed by atoms with Crippen molar-refractivity contribution in [1.29, 1.82) is 0 Å². The van der Waals surface area contributed by atoms with Crippen LogP contribution in [0.5, 0.6) is 0 Å². The van der Waals surface area contributed by atoms with Crippen LogP contribution in [0.2, 0.25) is 0 Å². The van der Waals surface area contributed by atoms with Crippen molar-refractivity contribution in [2.75, 3.05) is 0 Å². The minimum Gasteiger partial charge on any atom is -0.390 e. The average molecular weight is 238 g/mol. The van der Waals surface area contributed by atoms with E-state index >= 15 is 0 Å². The third-order valence-corrected chi connectivity index (χ3v) is 3.74. The topological polar surface area (TPSA) is 20.2 Å². The van der Waals surface area contributed by atoms with Crippen LogP contribution in [0, 0.1) is 6.92 Å².